The average molecular weight is 352 g/mol. The molecule has 5 heteroatoms. The lowest BCUT2D eigenvalue weighted by Crippen LogP contribution is -2.35. The van der Waals surface area contributed by atoms with Gasteiger partial charge < -0.3 is 5.73 Å². The van der Waals surface area contributed by atoms with E-state index in [0.29, 0.717) is 12.5 Å². The van der Waals surface area contributed by atoms with Crippen LogP contribution in [0.15, 0.2) is 22.7 Å². The third-order valence-corrected chi connectivity index (χ3v) is 4.08. The Kier molecular flexibility index (Phi) is 7.29. The summed E-state index contributed by atoms with van der Waals surface area (Å²) < 4.78 is 14.6. The van der Waals surface area contributed by atoms with Gasteiger partial charge in [0.15, 0.2) is 0 Å². The highest BCUT2D eigenvalue weighted by Gasteiger charge is 2.20. The number of benzene rings is 1. The smallest absolute Gasteiger partial charge is 0.128 e. The van der Waals surface area contributed by atoms with Gasteiger partial charge in [-0.05, 0) is 50.4 Å². The Balaban J connectivity index is 0.00000180. The summed E-state index contributed by atoms with van der Waals surface area (Å²) in [6.45, 7) is 3.58. The number of hydrogen-bond donors (Lipinski definition) is 1. The van der Waals surface area contributed by atoms with Crippen LogP contribution in [0.5, 0.6) is 0 Å². The van der Waals surface area contributed by atoms with Gasteiger partial charge in [-0.2, -0.15) is 0 Å². The van der Waals surface area contributed by atoms with Crippen LogP contribution in [0.2, 0.25) is 0 Å². The number of nitrogens with two attached hydrogens (primary N) is 1. The summed E-state index contributed by atoms with van der Waals surface area (Å²) in [6, 6.07) is 5.31. The van der Waals surface area contributed by atoms with Crippen LogP contribution in [0.3, 0.4) is 0 Å². The van der Waals surface area contributed by atoms with Crippen molar-refractivity contribution in [2.24, 2.45) is 11.7 Å². The van der Waals surface area contributed by atoms with E-state index < -0.39 is 0 Å². The SMILES string of the molecule is Cl.NCCC1CCCN(Cc2ccc(Br)cc2F)C1. The lowest BCUT2D eigenvalue weighted by Gasteiger charge is -2.32. The molecular weight excluding hydrogens is 331 g/mol. The number of likely N-dealkylation sites (tertiary alicyclic amines) is 1. The minimum Gasteiger partial charge on any atom is -0.330 e. The minimum atomic E-state index is -0.120. The van der Waals surface area contributed by atoms with E-state index in [1.807, 2.05) is 12.1 Å². The molecule has 1 aromatic carbocycles. The van der Waals surface area contributed by atoms with Gasteiger partial charge in [0.2, 0.25) is 0 Å². The highest BCUT2D eigenvalue weighted by atomic mass is 79.9. The van der Waals surface area contributed by atoms with Crippen LogP contribution in [0, 0.1) is 11.7 Å². The van der Waals surface area contributed by atoms with E-state index in [1.165, 1.54) is 18.9 Å². The number of hydrogen-bond acceptors (Lipinski definition) is 2. The third-order valence-electron chi connectivity index (χ3n) is 3.59. The maximum Gasteiger partial charge on any atom is 0.128 e. The maximum atomic E-state index is 13.8. The molecule has 108 valence electrons. The van der Waals surface area contributed by atoms with E-state index in [-0.39, 0.29) is 18.2 Å². The molecule has 19 heavy (non-hydrogen) atoms. The predicted molar refractivity (Wildman–Crippen MR) is 83.0 cm³/mol. The molecule has 0 spiro atoms. The second kappa shape index (κ2) is 8.20. The molecule has 2 nitrogen and oxygen atoms in total. The molecule has 0 saturated carbocycles. The Morgan fingerprint density at radius 1 is 1.42 bits per heavy atom. The summed E-state index contributed by atoms with van der Waals surface area (Å²) in [6.07, 6.45) is 3.54. The normalized spacial score (nSPS) is 20.1. The molecule has 1 aliphatic heterocycles. The van der Waals surface area contributed by atoms with E-state index in [1.54, 1.807) is 0 Å². The van der Waals surface area contributed by atoms with Gasteiger partial charge in [-0.25, -0.2) is 4.39 Å². The summed E-state index contributed by atoms with van der Waals surface area (Å²) in [5.41, 5.74) is 6.40. The van der Waals surface area contributed by atoms with Gasteiger partial charge >= 0.3 is 0 Å². The molecule has 2 N–H and O–H groups in total. The van der Waals surface area contributed by atoms with Crippen LogP contribution in [0.25, 0.3) is 0 Å². The first kappa shape index (κ1) is 16.9. The van der Waals surface area contributed by atoms with Crippen molar-refractivity contribution < 1.29 is 4.39 Å². The van der Waals surface area contributed by atoms with Crippen molar-refractivity contribution in [3.63, 3.8) is 0 Å². The quantitative estimate of drug-likeness (QED) is 0.898. The molecule has 1 unspecified atom stereocenters. The first-order chi connectivity index (χ1) is 8.69. The Morgan fingerprint density at radius 2 is 2.21 bits per heavy atom. The van der Waals surface area contributed by atoms with Crippen molar-refractivity contribution >= 4 is 28.3 Å². The van der Waals surface area contributed by atoms with Crippen LogP contribution in [-0.4, -0.2) is 24.5 Å². The molecule has 1 heterocycles. The summed E-state index contributed by atoms with van der Waals surface area (Å²) in [4.78, 5) is 2.34. The summed E-state index contributed by atoms with van der Waals surface area (Å²) in [5.74, 6) is 0.563. The van der Waals surface area contributed by atoms with Gasteiger partial charge in [-0.3, -0.25) is 4.90 Å². The fraction of sp³-hybridized carbons (Fsp3) is 0.571. The fourth-order valence-corrected chi connectivity index (χ4v) is 2.99. The van der Waals surface area contributed by atoms with Crippen LogP contribution >= 0.6 is 28.3 Å². The van der Waals surface area contributed by atoms with Gasteiger partial charge in [0.05, 0.1) is 0 Å². The number of halogens is 3. The van der Waals surface area contributed by atoms with Crippen molar-refractivity contribution in [3.8, 4) is 0 Å². The molecule has 0 bridgehead atoms. The minimum absolute atomic E-state index is 0. The van der Waals surface area contributed by atoms with E-state index >= 15 is 0 Å². The van der Waals surface area contributed by atoms with Crippen molar-refractivity contribution in [3.05, 3.63) is 34.1 Å². The Labute approximate surface area is 129 Å². The molecule has 1 aromatic rings. The molecule has 1 saturated heterocycles. The first-order valence-electron chi connectivity index (χ1n) is 6.55. The molecule has 0 radical (unpaired) electrons. The molecular formula is C14H21BrClFN2. The summed E-state index contributed by atoms with van der Waals surface area (Å²) >= 11 is 3.28. The average Bonchev–Trinajstić information content (AvgIpc) is 2.34. The lowest BCUT2D eigenvalue weighted by atomic mass is 9.94. The molecule has 2 rings (SSSR count). The topological polar surface area (TPSA) is 29.3 Å². The third kappa shape index (κ3) is 5.03. The fourth-order valence-electron chi connectivity index (χ4n) is 2.66. The lowest BCUT2D eigenvalue weighted by molar-refractivity contribution is 0.161. The molecule has 1 fully saturated rings. The van der Waals surface area contributed by atoms with E-state index in [0.717, 1.165) is 36.1 Å². The standard InChI is InChI=1S/C14H20BrFN2.ClH/c15-13-4-3-12(14(16)8-13)10-18-7-1-2-11(9-18)5-6-17;/h3-4,8,11H,1-2,5-7,9-10,17H2;1H. The second-order valence-corrected chi connectivity index (χ2v) is 5.97. The summed E-state index contributed by atoms with van der Waals surface area (Å²) in [5, 5.41) is 0. The zero-order chi connectivity index (χ0) is 13.0. The largest absolute Gasteiger partial charge is 0.330 e. The molecule has 0 aliphatic carbocycles. The van der Waals surface area contributed by atoms with Crippen molar-refractivity contribution in [2.75, 3.05) is 19.6 Å². The zero-order valence-electron chi connectivity index (χ0n) is 10.9. The van der Waals surface area contributed by atoms with Gasteiger partial charge in [0.1, 0.15) is 5.82 Å². The molecule has 1 aliphatic rings. The van der Waals surface area contributed by atoms with Crippen LogP contribution in [-0.2, 0) is 6.54 Å². The number of rotatable bonds is 4. The number of piperidine rings is 1. The van der Waals surface area contributed by atoms with Gasteiger partial charge in [-0.15, -0.1) is 12.4 Å². The van der Waals surface area contributed by atoms with Crippen molar-refractivity contribution in [1.29, 1.82) is 0 Å². The highest BCUT2D eigenvalue weighted by Crippen LogP contribution is 2.22. The van der Waals surface area contributed by atoms with E-state index in [2.05, 4.69) is 20.8 Å². The molecule has 1 atom stereocenters. The monoisotopic (exact) mass is 350 g/mol. The Hall–Kier alpha value is -0.160. The summed E-state index contributed by atoms with van der Waals surface area (Å²) in [7, 11) is 0. The van der Waals surface area contributed by atoms with Crippen LogP contribution in [0.4, 0.5) is 4.39 Å². The molecule has 0 amide bonds. The van der Waals surface area contributed by atoms with Crippen molar-refractivity contribution in [1.82, 2.24) is 4.90 Å². The van der Waals surface area contributed by atoms with Gasteiger partial charge in [0, 0.05) is 23.1 Å². The first-order valence-corrected chi connectivity index (χ1v) is 7.34. The second-order valence-electron chi connectivity index (χ2n) is 5.06. The number of nitrogens with zero attached hydrogens (tertiary/aromatic N) is 1. The van der Waals surface area contributed by atoms with Gasteiger partial charge in [0.25, 0.3) is 0 Å². The molecule has 0 aromatic heterocycles. The van der Waals surface area contributed by atoms with E-state index in [9.17, 15) is 4.39 Å². The predicted octanol–water partition coefficient (Wildman–Crippen LogP) is 3.57. The Bertz CT molecular complexity index is 401. The van der Waals surface area contributed by atoms with Gasteiger partial charge in [-0.1, -0.05) is 22.0 Å². The highest BCUT2D eigenvalue weighted by molar-refractivity contribution is 9.10. The van der Waals surface area contributed by atoms with Crippen LogP contribution in [0.1, 0.15) is 24.8 Å². The van der Waals surface area contributed by atoms with Crippen LogP contribution < -0.4 is 5.73 Å². The van der Waals surface area contributed by atoms with E-state index in [4.69, 9.17) is 5.73 Å². The maximum absolute atomic E-state index is 13.8. The zero-order valence-corrected chi connectivity index (χ0v) is 13.4. The van der Waals surface area contributed by atoms with Crippen molar-refractivity contribution in [2.45, 2.75) is 25.8 Å². The Morgan fingerprint density at radius 3 is 2.89 bits per heavy atom.